The summed E-state index contributed by atoms with van der Waals surface area (Å²) in [5, 5.41) is 3.04. The van der Waals surface area contributed by atoms with Gasteiger partial charge in [0.2, 0.25) is 10.0 Å². The van der Waals surface area contributed by atoms with Gasteiger partial charge in [-0.1, -0.05) is 11.6 Å². The molecular formula is C22H28ClN3O5S. The number of halogens is 1. The Morgan fingerprint density at radius 1 is 1.06 bits per heavy atom. The van der Waals surface area contributed by atoms with Crippen LogP contribution in [0.1, 0.15) is 28.9 Å². The first-order chi connectivity index (χ1) is 15.2. The van der Waals surface area contributed by atoms with E-state index in [-0.39, 0.29) is 15.5 Å². The number of amides is 1. The maximum absolute atomic E-state index is 13.1. The number of benzene rings is 2. The Morgan fingerprint density at radius 2 is 1.75 bits per heavy atom. The van der Waals surface area contributed by atoms with Gasteiger partial charge < -0.3 is 19.7 Å². The molecule has 1 heterocycles. The predicted molar refractivity (Wildman–Crippen MR) is 123 cm³/mol. The molecule has 0 aromatic heterocycles. The lowest BCUT2D eigenvalue weighted by Crippen LogP contribution is -2.47. The number of nitrogens with one attached hydrogen (secondary N) is 1. The maximum Gasteiger partial charge on any atom is 0.253 e. The lowest BCUT2D eigenvalue weighted by Gasteiger charge is -2.31. The summed E-state index contributed by atoms with van der Waals surface area (Å²) in [5.74, 6) is 0.735. The minimum Gasteiger partial charge on any atom is -0.497 e. The molecule has 0 spiro atoms. The fraction of sp³-hybridized carbons (Fsp3) is 0.409. The second-order valence-corrected chi connectivity index (χ2v) is 10.00. The molecule has 2 aromatic rings. The summed E-state index contributed by atoms with van der Waals surface area (Å²) >= 11 is 6.26. The zero-order valence-corrected chi connectivity index (χ0v) is 20.2. The van der Waals surface area contributed by atoms with Crippen LogP contribution in [0, 0.1) is 0 Å². The van der Waals surface area contributed by atoms with Crippen molar-refractivity contribution in [3.8, 4) is 11.5 Å². The van der Waals surface area contributed by atoms with Gasteiger partial charge in [0.1, 0.15) is 11.5 Å². The fourth-order valence-corrected chi connectivity index (χ4v) is 5.20. The van der Waals surface area contributed by atoms with Crippen LogP contribution in [0.3, 0.4) is 0 Å². The highest BCUT2D eigenvalue weighted by molar-refractivity contribution is 7.89. The van der Waals surface area contributed by atoms with Crippen molar-refractivity contribution in [3.63, 3.8) is 0 Å². The van der Waals surface area contributed by atoms with Crippen LogP contribution in [0.4, 0.5) is 0 Å². The van der Waals surface area contributed by atoms with Gasteiger partial charge in [-0.15, -0.1) is 0 Å². The Labute approximate surface area is 194 Å². The summed E-state index contributed by atoms with van der Waals surface area (Å²) in [4.78, 5) is 15.1. The van der Waals surface area contributed by atoms with Gasteiger partial charge in [-0.25, -0.2) is 8.42 Å². The van der Waals surface area contributed by atoms with Crippen molar-refractivity contribution in [1.82, 2.24) is 14.5 Å². The SMILES string of the molecule is COc1ccc(OC)c([C@@H](C)NC(=O)c2cc(S(=O)(=O)N3CCN(C)CC3)ccc2Cl)c1. The molecule has 1 fully saturated rings. The minimum absolute atomic E-state index is 0.0446. The first-order valence-electron chi connectivity index (χ1n) is 10.2. The predicted octanol–water partition coefficient (Wildman–Crippen LogP) is 2.78. The number of ether oxygens (including phenoxy) is 2. The molecule has 32 heavy (non-hydrogen) atoms. The van der Waals surface area contributed by atoms with E-state index in [2.05, 4.69) is 10.2 Å². The number of carbonyl (C=O) groups excluding carboxylic acids is 1. The molecule has 0 radical (unpaired) electrons. The van der Waals surface area contributed by atoms with Gasteiger partial charge in [0.25, 0.3) is 5.91 Å². The maximum atomic E-state index is 13.1. The highest BCUT2D eigenvalue weighted by Crippen LogP contribution is 2.30. The molecule has 1 amide bonds. The van der Waals surface area contributed by atoms with Gasteiger partial charge in [-0.3, -0.25) is 4.79 Å². The van der Waals surface area contributed by atoms with E-state index in [1.807, 2.05) is 7.05 Å². The van der Waals surface area contributed by atoms with Crippen molar-refractivity contribution in [3.05, 3.63) is 52.5 Å². The number of methoxy groups -OCH3 is 2. The molecule has 174 valence electrons. The second kappa shape index (κ2) is 10.1. The van der Waals surface area contributed by atoms with Gasteiger partial charge in [-0.05, 0) is 50.4 Å². The van der Waals surface area contributed by atoms with Crippen molar-refractivity contribution in [1.29, 1.82) is 0 Å². The molecule has 1 saturated heterocycles. The van der Waals surface area contributed by atoms with Crippen LogP contribution in [0.15, 0.2) is 41.3 Å². The molecular weight excluding hydrogens is 454 g/mol. The molecule has 0 unspecified atom stereocenters. The third-order valence-electron chi connectivity index (χ3n) is 5.53. The van der Waals surface area contributed by atoms with E-state index >= 15 is 0 Å². The number of carbonyl (C=O) groups is 1. The van der Waals surface area contributed by atoms with Gasteiger partial charge in [0, 0.05) is 31.7 Å². The van der Waals surface area contributed by atoms with Gasteiger partial charge >= 0.3 is 0 Å². The van der Waals surface area contributed by atoms with Crippen LogP contribution in [0.5, 0.6) is 11.5 Å². The lowest BCUT2D eigenvalue weighted by molar-refractivity contribution is 0.0939. The van der Waals surface area contributed by atoms with Gasteiger partial charge in [0.05, 0.1) is 35.7 Å². The van der Waals surface area contributed by atoms with Crippen molar-refractivity contribution in [2.45, 2.75) is 17.9 Å². The normalized spacial score (nSPS) is 16.4. The lowest BCUT2D eigenvalue weighted by atomic mass is 10.1. The molecule has 2 aromatic carbocycles. The highest BCUT2D eigenvalue weighted by atomic mass is 35.5. The third kappa shape index (κ3) is 5.17. The van der Waals surface area contributed by atoms with E-state index in [9.17, 15) is 13.2 Å². The van der Waals surface area contributed by atoms with Crippen LogP contribution < -0.4 is 14.8 Å². The highest BCUT2D eigenvalue weighted by Gasteiger charge is 2.29. The van der Waals surface area contributed by atoms with Crippen molar-refractivity contribution < 1.29 is 22.7 Å². The Balaban J connectivity index is 1.85. The van der Waals surface area contributed by atoms with Crippen LogP contribution in [0.2, 0.25) is 5.02 Å². The van der Waals surface area contributed by atoms with E-state index in [1.165, 1.54) is 22.5 Å². The largest absolute Gasteiger partial charge is 0.497 e. The fourth-order valence-electron chi connectivity index (χ4n) is 3.55. The summed E-state index contributed by atoms with van der Waals surface area (Å²) < 4.78 is 38.3. The first kappa shape index (κ1) is 24.3. The zero-order valence-electron chi connectivity index (χ0n) is 18.6. The molecule has 8 nitrogen and oxygen atoms in total. The molecule has 1 N–H and O–H groups in total. The summed E-state index contributed by atoms with van der Waals surface area (Å²) in [5.41, 5.74) is 0.813. The van der Waals surface area contributed by atoms with Crippen LogP contribution in [-0.2, 0) is 10.0 Å². The number of sulfonamides is 1. The smallest absolute Gasteiger partial charge is 0.253 e. The first-order valence-corrected chi connectivity index (χ1v) is 12.0. The molecule has 0 aliphatic carbocycles. The Hall–Kier alpha value is -2.33. The number of hydrogen-bond donors (Lipinski definition) is 1. The molecule has 0 bridgehead atoms. The Kier molecular flexibility index (Phi) is 7.66. The number of nitrogens with zero attached hydrogens (tertiary/aromatic N) is 2. The molecule has 10 heteroatoms. The minimum atomic E-state index is -3.73. The van der Waals surface area contributed by atoms with Crippen LogP contribution in [0.25, 0.3) is 0 Å². The van der Waals surface area contributed by atoms with Gasteiger partial charge in [-0.2, -0.15) is 4.31 Å². The van der Waals surface area contributed by atoms with Crippen LogP contribution in [-0.4, -0.2) is 71.0 Å². The van der Waals surface area contributed by atoms with Gasteiger partial charge in [0.15, 0.2) is 0 Å². The molecule has 1 aliphatic heterocycles. The third-order valence-corrected chi connectivity index (χ3v) is 7.76. The van der Waals surface area contributed by atoms with Crippen molar-refractivity contribution >= 4 is 27.5 Å². The van der Waals surface area contributed by atoms with E-state index < -0.39 is 22.0 Å². The quantitative estimate of drug-likeness (QED) is 0.654. The summed E-state index contributed by atoms with van der Waals surface area (Å²) in [6.45, 7) is 3.90. The number of likely N-dealkylation sites (N-methyl/N-ethyl adjacent to an activating group) is 1. The standard InChI is InChI=1S/C22H28ClN3O5S/c1-15(18-13-16(30-3)5-8-21(18)31-4)24-22(27)19-14-17(6-7-20(19)23)32(28,29)26-11-9-25(2)10-12-26/h5-8,13-15H,9-12H2,1-4H3,(H,24,27)/t15-/m1/s1. The summed E-state index contributed by atoms with van der Waals surface area (Å²) in [6, 6.07) is 9.06. The number of piperazine rings is 1. The Morgan fingerprint density at radius 3 is 2.38 bits per heavy atom. The average Bonchev–Trinajstić information content (AvgIpc) is 2.78. The molecule has 0 saturated carbocycles. The van der Waals surface area contributed by atoms with E-state index in [1.54, 1.807) is 39.3 Å². The molecule has 1 aliphatic rings. The van der Waals surface area contributed by atoms with Crippen molar-refractivity contribution in [2.24, 2.45) is 0 Å². The zero-order chi connectivity index (χ0) is 23.5. The average molecular weight is 482 g/mol. The van der Waals surface area contributed by atoms with E-state index in [4.69, 9.17) is 21.1 Å². The number of rotatable bonds is 7. The summed E-state index contributed by atoms with van der Waals surface area (Å²) in [6.07, 6.45) is 0. The number of hydrogen-bond acceptors (Lipinski definition) is 6. The molecule has 3 rings (SSSR count). The Bertz CT molecular complexity index is 1080. The summed E-state index contributed by atoms with van der Waals surface area (Å²) in [7, 11) is 1.33. The van der Waals surface area contributed by atoms with Crippen molar-refractivity contribution in [2.75, 3.05) is 47.4 Å². The molecule has 1 atom stereocenters. The topological polar surface area (TPSA) is 88.2 Å². The van der Waals surface area contributed by atoms with E-state index in [0.717, 1.165) is 5.56 Å². The second-order valence-electron chi connectivity index (χ2n) is 7.65. The van der Waals surface area contributed by atoms with E-state index in [0.29, 0.717) is 37.7 Å². The monoisotopic (exact) mass is 481 g/mol. The van der Waals surface area contributed by atoms with Crippen LogP contribution >= 0.6 is 11.6 Å².